The van der Waals surface area contributed by atoms with Gasteiger partial charge in [-0.25, -0.2) is 4.98 Å². The number of nitrogens with one attached hydrogen (secondary N) is 1. The van der Waals surface area contributed by atoms with Gasteiger partial charge >= 0.3 is 0 Å². The van der Waals surface area contributed by atoms with E-state index in [0.717, 1.165) is 25.2 Å². The molecular formula is C11H19N3O2S. The molecule has 1 aromatic rings. The lowest BCUT2D eigenvalue weighted by Crippen LogP contribution is -2.22. The van der Waals surface area contributed by atoms with E-state index in [0.29, 0.717) is 5.13 Å². The number of aliphatic hydroxyl groups excluding tert-OH is 1. The molecule has 0 aliphatic heterocycles. The van der Waals surface area contributed by atoms with Crippen molar-refractivity contribution in [3.8, 4) is 0 Å². The average Bonchev–Trinajstić information content (AvgIpc) is 2.61. The van der Waals surface area contributed by atoms with Gasteiger partial charge < -0.3 is 15.3 Å². The van der Waals surface area contributed by atoms with Crippen molar-refractivity contribution in [3.05, 3.63) is 11.1 Å². The van der Waals surface area contributed by atoms with Gasteiger partial charge in [0, 0.05) is 25.4 Å². The topological polar surface area (TPSA) is 65.5 Å². The molecule has 6 heteroatoms. The summed E-state index contributed by atoms with van der Waals surface area (Å²) in [6.07, 6.45) is 0.474. The van der Waals surface area contributed by atoms with Gasteiger partial charge in [0.2, 0.25) is 5.91 Å². The smallest absolute Gasteiger partial charge is 0.223 e. The SMILES string of the molecule is CC(=O)Nc1nc(CN(C)CCC(C)O)cs1. The molecule has 17 heavy (non-hydrogen) atoms. The van der Waals surface area contributed by atoms with E-state index in [-0.39, 0.29) is 12.0 Å². The molecule has 1 aromatic heterocycles. The van der Waals surface area contributed by atoms with Crippen molar-refractivity contribution in [1.29, 1.82) is 0 Å². The molecule has 1 amide bonds. The molecule has 1 atom stereocenters. The summed E-state index contributed by atoms with van der Waals surface area (Å²) in [6, 6.07) is 0. The summed E-state index contributed by atoms with van der Waals surface area (Å²) in [6.45, 7) is 4.80. The predicted octanol–water partition coefficient (Wildman–Crippen LogP) is 1.30. The lowest BCUT2D eigenvalue weighted by molar-refractivity contribution is -0.114. The highest BCUT2D eigenvalue weighted by Crippen LogP contribution is 2.16. The summed E-state index contributed by atoms with van der Waals surface area (Å²) in [5.41, 5.74) is 0.937. The second-order valence-electron chi connectivity index (χ2n) is 4.20. The molecule has 1 heterocycles. The highest BCUT2D eigenvalue weighted by Gasteiger charge is 2.07. The predicted molar refractivity (Wildman–Crippen MR) is 69.0 cm³/mol. The van der Waals surface area contributed by atoms with Gasteiger partial charge in [0.25, 0.3) is 0 Å². The van der Waals surface area contributed by atoms with Crippen LogP contribution in [0.25, 0.3) is 0 Å². The lowest BCUT2D eigenvalue weighted by Gasteiger charge is -2.15. The number of thiazole rings is 1. The number of aliphatic hydroxyl groups is 1. The Morgan fingerprint density at radius 3 is 3.00 bits per heavy atom. The van der Waals surface area contributed by atoms with Crippen LogP contribution in [0.4, 0.5) is 5.13 Å². The summed E-state index contributed by atoms with van der Waals surface area (Å²) in [5.74, 6) is -0.103. The van der Waals surface area contributed by atoms with Crippen molar-refractivity contribution in [2.75, 3.05) is 18.9 Å². The number of hydrogen-bond donors (Lipinski definition) is 2. The molecule has 0 aliphatic carbocycles. The van der Waals surface area contributed by atoms with Gasteiger partial charge in [-0.3, -0.25) is 4.79 Å². The van der Waals surface area contributed by atoms with Crippen LogP contribution in [0.3, 0.4) is 0 Å². The molecule has 96 valence electrons. The van der Waals surface area contributed by atoms with Gasteiger partial charge in [-0.05, 0) is 20.4 Å². The Bertz CT molecular complexity index is 365. The van der Waals surface area contributed by atoms with E-state index in [1.165, 1.54) is 18.3 Å². The zero-order valence-corrected chi connectivity index (χ0v) is 11.3. The second-order valence-corrected chi connectivity index (χ2v) is 5.06. The Morgan fingerprint density at radius 2 is 2.41 bits per heavy atom. The monoisotopic (exact) mass is 257 g/mol. The minimum absolute atomic E-state index is 0.103. The first-order valence-corrected chi connectivity index (χ1v) is 6.44. The van der Waals surface area contributed by atoms with Gasteiger partial charge in [0.05, 0.1) is 11.8 Å². The number of carbonyl (C=O) groups excluding carboxylic acids is 1. The Kier molecular flexibility index (Phi) is 5.54. The van der Waals surface area contributed by atoms with Crippen LogP contribution in [0.1, 0.15) is 26.0 Å². The van der Waals surface area contributed by atoms with Crippen molar-refractivity contribution in [1.82, 2.24) is 9.88 Å². The third kappa shape index (κ3) is 5.76. The van der Waals surface area contributed by atoms with Gasteiger partial charge in [-0.2, -0.15) is 0 Å². The molecule has 0 aliphatic rings. The molecule has 1 unspecified atom stereocenters. The van der Waals surface area contributed by atoms with Crippen molar-refractivity contribution in [3.63, 3.8) is 0 Å². The molecule has 0 aromatic carbocycles. The summed E-state index contributed by atoms with van der Waals surface area (Å²) in [4.78, 5) is 17.2. The van der Waals surface area contributed by atoms with Crippen LogP contribution in [0.2, 0.25) is 0 Å². The molecule has 0 fully saturated rings. The Hall–Kier alpha value is -0.980. The lowest BCUT2D eigenvalue weighted by atomic mass is 10.3. The number of aromatic nitrogens is 1. The zero-order chi connectivity index (χ0) is 12.8. The maximum atomic E-state index is 10.8. The second kappa shape index (κ2) is 6.68. The Morgan fingerprint density at radius 1 is 1.71 bits per heavy atom. The number of carbonyl (C=O) groups is 1. The van der Waals surface area contributed by atoms with Crippen LogP contribution in [-0.2, 0) is 11.3 Å². The van der Waals surface area contributed by atoms with E-state index in [2.05, 4.69) is 15.2 Å². The Balaban J connectivity index is 2.40. The van der Waals surface area contributed by atoms with E-state index in [1.54, 1.807) is 6.92 Å². The van der Waals surface area contributed by atoms with E-state index < -0.39 is 0 Å². The van der Waals surface area contributed by atoms with Gasteiger partial charge in [-0.1, -0.05) is 0 Å². The Labute approximate surface area is 105 Å². The summed E-state index contributed by atoms with van der Waals surface area (Å²) in [7, 11) is 1.99. The van der Waals surface area contributed by atoms with Crippen LogP contribution in [0.15, 0.2) is 5.38 Å². The molecule has 0 radical (unpaired) electrons. The maximum absolute atomic E-state index is 10.8. The first kappa shape index (κ1) is 14.1. The third-order valence-electron chi connectivity index (χ3n) is 2.20. The minimum atomic E-state index is -0.275. The highest BCUT2D eigenvalue weighted by atomic mass is 32.1. The minimum Gasteiger partial charge on any atom is -0.393 e. The first-order chi connectivity index (χ1) is 7.97. The van der Waals surface area contributed by atoms with E-state index >= 15 is 0 Å². The van der Waals surface area contributed by atoms with Crippen molar-refractivity contribution in [2.24, 2.45) is 0 Å². The molecule has 0 saturated heterocycles. The molecule has 0 bridgehead atoms. The number of nitrogens with zero attached hydrogens (tertiary/aromatic N) is 2. The third-order valence-corrected chi connectivity index (χ3v) is 3.00. The maximum Gasteiger partial charge on any atom is 0.223 e. The van der Waals surface area contributed by atoms with Gasteiger partial charge in [0.1, 0.15) is 0 Å². The van der Waals surface area contributed by atoms with Crippen LogP contribution < -0.4 is 5.32 Å². The molecular weight excluding hydrogens is 238 g/mol. The molecule has 1 rings (SSSR count). The van der Waals surface area contributed by atoms with Gasteiger partial charge in [-0.15, -0.1) is 11.3 Å². The number of amides is 1. The fourth-order valence-electron chi connectivity index (χ4n) is 1.35. The van der Waals surface area contributed by atoms with E-state index in [4.69, 9.17) is 0 Å². The average molecular weight is 257 g/mol. The fourth-order valence-corrected chi connectivity index (χ4v) is 2.10. The number of rotatable bonds is 6. The van der Waals surface area contributed by atoms with Crippen LogP contribution in [-0.4, -0.2) is 40.6 Å². The quantitative estimate of drug-likeness (QED) is 0.806. The van der Waals surface area contributed by atoms with Crippen molar-refractivity contribution < 1.29 is 9.90 Å². The molecule has 2 N–H and O–H groups in total. The van der Waals surface area contributed by atoms with Crippen LogP contribution >= 0.6 is 11.3 Å². The first-order valence-electron chi connectivity index (χ1n) is 5.56. The summed E-state index contributed by atoms with van der Waals surface area (Å²) < 4.78 is 0. The highest BCUT2D eigenvalue weighted by molar-refractivity contribution is 7.13. The standard InChI is InChI=1S/C11H19N3O2S/c1-8(15)4-5-14(3)6-10-7-17-11(13-10)12-9(2)16/h7-8,15H,4-6H2,1-3H3,(H,12,13,16). The van der Waals surface area contributed by atoms with E-state index in [9.17, 15) is 9.90 Å². The van der Waals surface area contributed by atoms with E-state index in [1.807, 2.05) is 12.4 Å². The summed E-state index contributed by atoms with van der Waals surface area (Å²) >= 11 is 1.43. The van der Waals surface area contributed by atoms with Gasteiger partial charge in [0.15, 0.2) is 5.13 Å². The molecule has 0 saturated carbocycles. The molecule has 0 spiro atoms. The van der Waals surface area contributed by atoms with Crippen LogP contribution in [0.5, 0.6) is 0 Å². The fraction of sp³-hybridized carbons (Fsp3) is 0.636. The largest absolute Gasteiger partial charge is 0.393 e. The normalized spacial score (nSPS) is 12.8. The summed E-state index contributed by atoms with van der Waals surface area (Å²) in [5, 5.41) is 14.4. The number of anilines is 1. The van der Waals surface area contributed by atoms with Crippen molar-refractivity contribution >= 4 is 22.4 Å². The zero-order valence-electron chi connectivity index (χ0n) is 10.4. The molecule has 5 nitrogen and oxygen atoms in total. The number of hydrogen-bond acceptors (Lipinski definition) is 5. The van der Waals surface area contributed by atoms with Crippen molar-refractivity contribution in [2.45, 2.75) is 32.9 Å². The van der Waals surface area contributed by atoms with Crippen LogP contribution in [0, 0.1) is 0 Å².